The summed E-state index contributed by atoms with van der Waals surface area (Å²) in [5, 5.41) is 0. The molecule has 0 aromatic carbocycles. The van der Waals surface area contributed by atoms with Crippen molar-refractivity contribution in [1.82, 2.24) is 0 Å². The van der Waals surface area contributed by atoms with E-state index in [4.69, 9.17) is 0 Å². The summed E-state index contributed by atoms with van der Waals surface area (Å²) < 4.78 is 39.6. The van der Waals surface area contributed by atoms with Crippen LogP contribution in [-0.4, -0.2) is 25.9 Å². The van der Waals surface area contributed by atoms with Gasteiger partial charge in [0.05, 0.1) is 0 Å². The van der Waals surface area contributed by atoms with Crippen LogP contribution in [0.1, 0.15) is 46.0 Å². The minimum absolute atomic E-state index is 0. The number of rotatable bonds is 8. The Balaban J connectivity index is 0. The maximum Gasteiger partial charge on any atom is -1.00 e. The molecule has 0 amide bonds. The third-order valence-electron chi connectivity index (χ3n) is 2.45. The molecule has 0 aromatic rings. The van der Waals surface area contributed by atoms with Crippen LogP contribution in [0.3, 0.4) is 0 Å². The molecule has 0 saturated heterocycles. The summed E-state index contributed by atoms with van der Waals surface area (Å²) in [6.45, 7) is 4.37. The van der Waals surface area contributed by atoms with Gasteiger partial charge in [0.2, 0.25) is 0 Å². The molecule has 0 rings (SSSR count). The molecule has 0 radical (unpaired) electrons. The predicted octanol–water partition coefficient (Wildman–Crippen LogP) is 2.04. The van der Waals surface area contributed by atoms with Crippen LogP contribution in [0.15, 0.2) is 0 Å². The summed E-state index contributed by atoms with van der Waals surface area (Å²) in [7, 11) is 0. The molecule has 0 atom stereocenters. The summed E-state index contributed by atoms with van der Waals surface area (Å²) in [6, 6.07) is 0. The standard InChI is InChI=1S/C5H8F3.2C3H7.ClH.Sn/c1-2-3-4-5(6,7)8;2*1-3-2;;/h1-4H2;2*1,3H2,2H3;1H;/q;;;;+1/p-1. The molecule has 5 heteroatoms. The monoisotopic (exact) mass is 366 g/mol. The Morgan fingerprint density at radius 1 is 0.875 bits per heavy atom. The van der Waals surface area contributed by atoms with Crippen LogP contribution < -0.4 is 12.4 Å². The average molecular weight is 365 g/mol. The van der Waals surface area contributed by atoms with Crippen LogP contribution >= 0.6 is 0 Å². The average Bonchev–Trinajstić information content (AvgIpc) is 2.11. The number of unbranched alkanes of at least 4 members (excludes halogenated alkanes) is 1. The van der Waals surface area contributed by atoms with Gasteiger partial charge in [0, 0.05) is 0 Å². The Kier molecular flexibility index (Phi) is 13.2. The van der Waals surface area contributed by atoms with Gasteiger partial charge in [0.15, 0.2) is 0 Å². The van der Waals surface area contributed by atoms with E-state index in [-0.39, 0.29) is 12.4 Å². The van der Waals surface area contributed by atoms with E-state index in [0.29, 0.717) is 6.42 Å². The fourth-order valence-corrected chi connectivity index (χ4v) is 10.1. The fraction of sp³-hybridized carbons (Fsp3) is 1.00. The van der Waals surface area contributed by atoms with Gasteiger partial charge >= 0.3 is 98.4 Å². The maximum absolute atomic E-state index is 11.9. The van der Waals surface area contributed by atoms with E-state index in [9.17, 15) is 13.2 Å². The third-order valence-corrected chi connectivity index (χ3v) is 12.4. The van der Waals surface area contributed by atoms with Gasteiger partial charge in [-0.05, 0) is 0 Å². The van der Waals surface area contributed by atoms with Crippen molar-refractivity contribution < 1.29 is 25.6 Å². The molecular weight excluding hydrogens is 343 g/mol. The first-order valence-corrected chi connectivity index (χ1v) is 11.9. The summed E-state index contributed by atoms with van der Waals surface area (Å²) >= 11 is -1.24. The number of hydrogen-bond donors (Lipinski definition) is 0. The summed E-state index contributed by atoms with van der Waals surface area (Å²) in [5.74, 6) is 0. The zero-order chi connectivity index (χ0) is 11.7. The Morgan fingerprint density at radius 2 is 1.38 bits per heavy atom. The van der Waals surface area contributed by atoms with Gasteiger partial charge in [0.1, 0.15) is 0 Å². The minimum Gasteiger partial charge on any atom is -1.00 e. The molecule has 0 aromatic heterocycles. The van der Waals surface area contributed by atoms with Gasteiger partial charge in [-0.15, -0.1) is 0 Å². The molecule has 0 N–H and O–H groups in total. The van der Waals surface area contributed by atoms with Gasteiger partial charge in [-0.1, -0.05) is 0 Å². The fourth-order valence-electron chi connectivity index (χ4n) is 1.78. The van der Waals surface area contributed by atoms with Gasteiger partial charge < -0.3 is 12.4 Å². The minimum atomic E-state index is -3.95. The molecule has 0 aliphatic carbocycles. The van der Waals surface area contributed by atoms with E-state index in [1.807, 2.05) is 0 Å². The Bertz CT molecular complexity index is 145. The summed E-state index contributed by atoms with van der Waals surface area (Å²) in [5.41, 5.74) is 0. The van der Waals surface area contributed by atoms with Gasteiger partial charge in [-0.25, -0.2) is 0 Å². The quantitative estimate of drug-likeness (QED) is 0.456. The van der Waals surface area contributed by atoms with Crippen LogP contribution in [0.2, 0.25) is 13.3 Å². The number of alkyl halides is 3. The SMILES string of the molecule is CC[CH2][Sn+]([CH2]CC)[CH2]CCCC(F)(F)F.[Cl-]. The first-order valence-electron chi connectivity index (χ1n) is 5.90. The van der Waals surface area contributed by atoms with Gasteiger partial charge in [0.25, 0.3) is 0 Å². The molecule has 16 heavy (non-hydrogen) atoms. The normalized spacial score (nSPS) is 11.1. The molecule has 0 unspecified atom stereocenters. The van der Waals surface area contributed by atoms with Crippen molar-refractivity contribution in [3.8, 4) is 0 Å². The molecule has 0 aliphatic heterocycles. The molecule has 0 fully saturated rings. The van der Waals surface area contributed by atoms with E-state index < -0.39 is 32.4 Å². The second kappa shape index (κ2) is 11.0. The van der Waals surface area contributed by atoms with Crippen LogP contribution in [0, 0.1) is 0 Å². The van der Waals surface area contributed by atoms with Crippen molar-refractivity contribution in [3.05, 3.63) is 0 Å². The van der Waals surface area contributed by atoms with E-state index >= 15 is 0 Å². The zero-order valence-electron chi connectivity index (χ0n) is 10.2. The van der Waals surface area contributed by atoms with Crippen LogP contribution in [0.4, 0.5) is 13.2 Å². The van der Waals surface area contributed by atoms with Crippen molar-refractivity contribution in [2.45, 2.75) is 65.4 Å². The number of halogens is 4. The van der Waals surface area contributed by atoms with Gasteiger partial charge in [-0.3, -0.25) is 0 Å². The molecule has 0 spiro atoms. The largest absolute Gasteiger partial charge is 1.00 e. The second-order valence-electron chi connectivity index (χ2n) is 4.07. The predicted molar refractivity (Wildman–Crippen MR) is 60.7 cm³/mol. The zero-order valence-corrected chi connectivity index (χ0v) is 13.8. The smallest absolute Gasteiger partial charge is 1.00 e. The first kappa shape index (κ1) is 19.2. The molecule has 98 valence electrons. The third kappa shape index (κ3) is 12.9. The second-order valence-corrected chi connectivity index (χ2v) is 12.6. The topological polar surface area (TPSA) is 0 Å². The van der Waals surface area contributed by atoms with E-state index in [1.165, 1.54) is 26.2 Å². The van der Waals surface area contributed by atoms with Crippen molar-refractivity contribution in [1.29, 1.82) is 0 Å². The molecule has 0 bridgehead atoms. The maximum atomic E-state index is 11.9. The van der Waals surface area contributed by atoms with Crippen LogP contribution in [0.5, 0.6) is 0 Å². The summed E-state index contributed by atoms with van der Waals surface area (Å²) in [6.07, 6.45) is -0.905. The van der Waals surface area contributed by atoms with Crippen molar-refractivity contribution in [2.24, 2.45) is 0 Å². The number of hydrogen-bond acceptors (Lipinski definition) is 0. The van der Waals surface area contributed by atoms with Crippen LogP contribution in [0.25, 0.3) is 0 Å². The molecule has 0 nitrogen and oxygen atoms in total. The Morgan fingerprint density at radius 3 is 1.75 bits per heavy atom. The van der Waals surface area contributed by atoms with E-state index in [1.54, 1.807) is 0 Å². The summed E-state index contributed by atoms with van der Waals surface area (Å²) in [4.78, 5) is 0. The Hall–Kier alpha value is 0.879. The van der Waals surface area contributed by atoms with Crippen LogP contribution in [-0.2, 0) is 0 Å². The Labute approximate surface area is 111 Å². The molecular formula is C11H22ClF3Sn. The van der Waals surface area contributed by atoms with Crippen molar-refractivity contribution >= 4 is 19.8 Å². The first-order chi connectivity index (χ1) is 6.99. The van der Waals surface area contributed by atoms with E-state index in [0.717, 1.165) is 6.42 Å². The van der Waals surface area contributed by atoms with E-state index in [2.05, 4.69) is 13.8 Å². The van der Waals surface area contributed by atoms with Crippen molar-refractivity contribution in [2.75, 3.05) is 0 Å². The molecule has 0 aliphatic rings. The molecule has 0 saturated carbocycles. The van der Waals surface area contributed by atoms with Crippen molar-refractivity contribution in [3.63, 3.8) is 0 Å². The molecule has 0 heterocycles. The van der Waals surface area contributed by atoms with Gasteiger partial charge in [-0.2, -0.15) is 0 Å².